The Morgan fingerprint density at radius 3 is 3.00 bits per heavy atom. The van der Waals surface area contributed by atoms with Crippen molar-refractivity contribution >= 4 is 18.3 Å². The van der Waals surface area contributed by atoms with E-state index < -0.39 is 0 Å². The maximum atomic E-state index is 11.5. The largest absolute Gasteiger partial charge is 0.384 e. The number of hydrogen-bond acceptors (Lipinski definition) is 3. The quantitative estimate of drug-likeness (QED) is 0.706. The number of nitrogens with one attached hydrogen (secondary N) is 2. The number of ether oxygens (including phenoxy) is 1. The first kappa shape index (κ1) is 15.4. The minimum Gasteiger partial charge on any atom is -0.384 e. The molecule has 1 aliphatic rings. The van der Waals surface area contributed by atoms with Gasteiger partial charge in [-0.25, -0.2) is 0 Å². The van der Waals surface area contributed by atoms with Gasteiger partial charge in [0.2, 0.25) is 5.91 Å². The predicted octanol–water partition coefficient (Wildman–Crippen LogP) is 0.727. The molecular formula is C11H21ClN2O2. The molecule has 0 radical (unpaired) electrons. The van der Waals surface area contributed by atoms with Crippen molar-refractivity contribution in [1.29, 1.82) is 0 Å². The number of halogens is 1. The van der Waals surface area contributed by atoms with E-state index in [1.165, 1.54) is 5.57 Å². The van der Waals surface area contributed by atoms with E-state index in [0.29, 0.717) is 13.2 Å². The number of methoxy groups -OCH3 is 1. The maximum absolute atomic E-state index is 11.5. The second-order valence-electron chi connectivity index (χ2n) is 3.89. The molecule has 0 fully saturated rings. The van der Waals surface area contributed by atoms with Gasteiger partial charge >= 0.3 is 0 Å². The van der Waals surface area contributed by atoms with Crippen molar-refractivity contribution in [3.05, 3.63) is 11.6 Å². The summed E-state index contributed by atoms with van der Waals surface area (Å²) in [5.74, 6) is -0.00593. The molecule has 0 aromatic carbocycles. The zero-order valence-corrected chi connectivity index (χ0v) is 10.7. The molecule has 2 N–H and O–H groups in total. The lowest BCUT2D eigenvalue weighted by atomic mass is 10.1. The monoisotopic (exact) mass is 248 g/mol. The molecule has 5 heteroatoms. The van der Waals surface area contributed by atoms with E-state index in [4.69, 9.17) is 4.74 Å². The van der Waals surface area contributed by atoms with Crippen molar-refractivity contribution in [3.8, 4) is 0 Å². The standard InChI is InChI=1S/C11H20N2O2.ClH/c1-9(8-15-2)11(14)13-7-10-3-5-12-6-4-10;/h3,9,12H,4-8H2,1-2H3,(H,13,14);1H. The summed E-state index contributed by atoms with van der Waals surface area (Å²) in [6.45, 7) is 4.95. The van der Waals surface area contributed by atoms with E-state index in [1.807, 2.05) is 6.92 Å². The minimum atomic E-state index is -0.0719. The third-order valence-corrected chi connectivity index (χ3v) is 2.51. The second-order valence-corrected chi connectivity index (χ2v) is 3.89. The van der Waals surface area contributed by atoms with Gasteiger partial charge in [0.25, 0.3) is 0 Å². The first-order valence-corrected chi connectivity index (χ1v) is 5.39. The Morgan fingerprint density at radius 2 is 2.44 bits per heavy atom. The fourth-order valence-electron chi connectivity index (χ4n) is 1.53. The molecule has 1 heterocycles. The van der Waals surface area contributed by atoms with Crippen LogP contribution in [0.25, 0.3) is 0 Å². The van der Waals surface area contributed by atoms with E-state index in [1.54, 1.807) is 7.11 Å². The summed E-state index contributed by atoms with van der Waals surface area (Å²) in [6.07, 6.45) is 3.17. The van der Waals surface area contributed by atoms with Crippen LogP contribution in [0, 0.1) is 5.92 Å². The fraction of sp³-hybridized carbons (Fsp3) is 0.727. The Bertz CT molecular complexity index is 244. The van der Waals surface area contributed by atoms with Crippen LogP contribution in [0.5, 0.6) is 0 Å². The molecule has 1 unspecified atom stereocenters. The van der Waals surface area contributed by atoms with Crippen LogP contribution in [0.2, 0.25) is 0 Å². The van der Waals surface area contributed by atoms with Crippen LogP contribution >= 0.6 is 12.4 Å². The zero-order chi connectivity index (χ0) is 11.1. The van der Waals surface area contributed by atoms with E-state index in [0.717, 1.165) is 19.5 Å². The molecule has 1 atom stereocenters. The number of carbonyl (C=O) groups excluding carboxylic acids is 1. The summed E-state index contributed by atoms with van der Waals surface area (Å²) in [4.78, 5) is 11.5. The van der Waals surface area contributed by atoms with Gasteiger partial charge in [-0.2, -0.15) is 0 Å². The van der Waals surface area contributed by atoms with E-state index in [-0.39, 0.29) is 24.2 Å². The zero-order valence-electron chi connectivity index (χ0n) is 9.91. The molecular weight excluding hydrogens is 228 g/mol. The Hall–Kier alpha value is -0.580. The highest BCUT2D eigenvalue weighted by molar-refractivity contribution is 5.85. The Labute approximate surface area is 103 Å². The van der Waals surface area contributed by atoms with Crippen LogP contribution in [-0.2, 0) is 9.53 Å². The molecule has 16 heavy (non-hydrogen) atoms. The maximum Gasteiger partial charge on any atom is 0.225 e. The molecule has 0 saturated carbocycles. The predicted molar refractivity (Wildman–Crippen MR) is 66.9 cm³/mol. The van der Waals surface area contributed by atoms with Gasteiger partial charge in [-0.05, 0) is 13.0 Å². The van der Waals surface area contributed by atoms with Crippen LogP contribution in [0.4, 0.5) is 0 Å². The van der Waals surface area contributed by atoms with E-state index in [2.05, 4.69) is 16.7 Å². The van der Waals surface area contributed by atoms with Crippen molar-refractivity contribution in [3.63, 3.8) is 0 Å². The van der Waals surface area contributed by atoms with E-state index in [9.17, 15) is 4.79 Å². The summed E-state index contributed by atoms with van der Waals surface area (Å²) in [6, 6.07) is 0. The van der Waals surface area contributed by atoms with Crippen molar-refractivity contribution < 1.29 is 9.53 Å². The highest BCUT2D eigenvalue weighted by Gasteiger charge is 2.12. The smallest absolute Gasteiger partial charge is 0.225 e. The van der Waals surface area contributed by atoms with Crippen LogP contribution in [0.1, 0.15) is 13.3 Å². The summed E-state index contributed by atoms with van der Waals surface area (Å²) in [7, 11) is 1.61. The van der Waals surface area contributed by atoms with Crippen LogP contribution in [0.15, 0.2) is 11.6 Å². The van der Waals surface area contributed by atoms with Crippen molar-refractivity contribution in [2.24, 2.45) is 5.92 Å². The van der Waals surface area contributed by atoms with Crippen LogP contribution in [-0.4, -0.2) is 39.3 Å². The number of rotatable bonds is 5. The van der Waals surface area contributed by atoms with Gasteiger partial charge in [-0.3, -0.25) is 4.79 Å². The molecule has 1 amide bonds. The van der Waals surface area contributed by atoms with Gasteiger partial charge in [0.05, 0.1) is 12.5 Å². The lowest BCUT2D eigenvalue weighted by molar-refractivity contribution is -0.125. The number of carbonyl (C=O) groups is 1. The van der Waals surface area contributed by atoms with Gasteiger partial charge in [0, 0.05) is 20.2 Å². The third kappa shape index (κ3) is 5.49. The topological polar surface area (TPSA) is 50.4 Å². The normalized spacial score (nSPS) is 17.0. The molecule has 4 nitrogen and oxygen atoms in total. The third-order valence-electron chi connectivity index (χ3n) is 2.51. The molecule has 94 valence electrons. The second kappa shape index (κ2) is 8.56. The SMILES string of the molecule is COCC(C)C(=O)NCC1=CCNCC1.Cl. The van der Waals surface area contributed by atoms with Gasteiger partial charge in [-0.15, -0.1) is 12.4 Å². The molecule has 1 rings (SSSR count). The summed E-state index contributed by atoms with van der Waals surface area (Å²) >= 11 is 0. The molecule has 0 aromatic rings. The molecule has 0 saturated heterocycles. The van der Waals surface area contributed by atoms with Crippen LogP contribution < -0.4 is 10.6 Å². The van der Waals surface area contributed by atoms with Crippen molar-refractivity contribution in [2.45, 2.75) is 13.3 Å². The Morgan fingerprint density at radius 1 is 1.69 bits per heavy atom. The minimum absolute atomic E-state index is 0. The number of amides is 1. The lowest BCUT2D eigenvalue weighted by Crippen LogP contribution is -2.34. The average molecular weight is 249 g/mol. The van der Waals surface area contributed by atoms with Crippen LogP contribution in [0.3, 0.4) is 0 Å². The molecule has 0 aliphatic carbocycles. The van der Waals surface area contributed by atoms with Gasteiger partial charge in [0.15, 0.2) is 0 Å². The molecule has 0 bridgehead atoms. The molecule has 0 spiro atoms. The Kier molecular flexibility index (Phi) is 8.25. The Balaban J connectivity index is 0.00000225. The first-order chi connectivity index (χ1) is 7.24. The fourth-order valence-corrected chi connectivity index (χ4v) is 1.53. The van der Waals surface area contributed by atoms with E-state index >= 15 is 0 Å². The van der Waals surface area contributed by atoms with Crippen molar-refractivity contribution in [1.82, 2.24) is 10.6 Å². The van der Waals surface area contributed by atoms with Gasteiger partial charge in [-0.1, -0.05) is 18.6 Å². The van der Waals surface area contributed by atoms with Gasteiger partial charge in [0.1, 0.15) is 0 Å². The highest BCUT2D eigenvalue weighted by atomic mass is 35.5. The van der Waals surface area contributed by atoms with Gasteiger partial charge < -0.3 is 15.4 Å². The molecule has 0 aromatic heterocycles. The number of hydrogen-bond donors (Lipinski definition) is 2. The highest BCUT2D eigenvalue weighted by Crippen LogP contribution is 2.03. The summed E-state index contributed by atoms with van der Waals surface area (Å²) in [5, 5.41) is 6.16. The lowest BCUT2D eigenvalue weighted by Gasteiger charge is -2.16. The average Bonchev–Trinajstić information content (AvgIpc) is 2.27. The first-order valence-electron chi connectivity index (χ1n) is 5.39. The molecule has 1 aliphatic heterocycles. The van der Waals surface area contributed by atoms with Crippen molar-refractivity contribution in [2.75, 3.05) is 33.4 Å². The summed E-state index contributed by atoms with van der Waals surface area (Å²) < 4.78 is 4.93. The summed E-state index contributed by atoms with van der Waals surface area (Å²) in [5.41, 5.74) is 1.31.